The number of nitrogens with zero attached hydrogens (tertiary/aromatic N) is 1. The molecule has 0 unspecified atom stereocenters. The Balaban J connectivity index is 1.90. The average Bonchev–Trinajstić information content (AvgIpc) is 3.16. The molecule has 0 saturated carbocycles. The second kappa shape index (κ2) is 7.91. The van der Waals surface area contributed by atoms with Crippen LogP contribution >= 0.6 is 0 Å². The molecule has 138 valence electrons. The van der Waals surface area contributed by atoms with E-state index in [1.807, 2.05) is 23.1 Å². The van der Waals surface area contributed by atoms with Crippen molar-refractivity contribution < 1.29 is 18.5 Å². The smallest absolute Gasteiger partial charge is 0.254 e. The lowest BCUT2D eigenvalue weighted by Gasteiger charge is -2.27. The number of methoxy groups -OCH3 is 2. The highest BCUT2D eigenvalue weighted by molar-refractivity contribution is 7.84. The van der Waals surface area contributed by atoms with Crippen molar-refractivity contribution in [2.24, 2.45) is 0 Å². The van der Waals surface area contributed by atoms with E-state index in [9.17, 15) is 9.00 Å². The van der Waals surface area contributed by atoms with Gasteiger partial charge in [0.1, 0.15) is 11.5 Å². The van der Waals surface area contributed by atoms with Gasteiger partial charge < -0.3 is 14.4 Å². The summed E-state index contributed by atoms with van der Waals surface area (Å²) in [7, 11) is 2.21. The van der Waals surface area contributed by atoms with Gasteiger partial charge in [-0.2, -0.15) is 0 Å². The molecule has 2 atom stereocenters. The van der Waals surface area contributed by atoms with Gasteiger partial charge in [0.2, 0.25) is 0 Å². The third kappa shape index (κ3) is 3.60. The van der Waals surface area contributed by atoms with Crippen LogP contribution < -0.4 is 9.47 Å². The molecule has 0 spiro atoms. The molecule has 6 heteroatoms. The predicted molar refractivity (Wildman–Crippen MR) is 101 cm³/mol. The molecular weight excluding hydrogens is 350 g/mol. The van der Waals surface area contributed by atoms with Crippen LogP contribution in [0.25, 0.3) is 0 Å². The van der Waals surface area contributed by atoms with Crippen LogP contribution in [0.4, 0.5) is 0 Å². The molecule has 1 saturated heterocycles. The van der Waals surface area contributed by atoms with Crippen LogP contribution in [0.15, 0.2) is 47.4 Å². The lowest BCUT2D eigenvalue weighted by molar-refractivity contribution is 0.0734. The zero-order chi connectivity index (χ0) is 18.7. The Kier molecular flexibility index (Phi) is 5.61. The topological polar surface area (TPSA) is 55.8 Å². The Labute approximate surface area is 156 Å². The van der Waals surface area contributed by atoms with E-state index < -0.39 is 10.8 Å². The normalized spacial score (nSPS) is 17.8. The summed E-state index contributed by atoms with van der Waals surface area (Å²) in [5, 5.41) is 0. The molecule has 0 N–H and O–H groups in total. The standard InChI is InChI=1S/C20H23NO4S/c1-24-15-8-11-19(25-2)17(13-15)18-5-4-12-21(18)20(22)14-6-9-16(10-7-14)26(3)23/h6-11,13,18H,4-5,12H2,1-3H3/t18-,26-/m1/s1. The average molecular weight is 373 g/mol. The summed E-state index contributed by atoms with van der Waals surface area (Å²) in [6.07, 6.45) is 3.45. The van der Waals surface area contributed by atoms with Gasteiger partial charge in [-0.25, -0.2) is 0 Å². The van der Waals surface area contributed by atoms with Gasteiger partial charge in [-0.15, -0.1) is 0 Å². The summed E-state index contributed by atoms with van der Waals surface area (Å²) in [4.78, 5) is 15.6. The van der Waals surface area contributed by atoms with E-state index in [0.717, 1.165) is 29.9 Å². The first-order chi connectivity index (χ1) is 12.5. The van der Waals surface area contributed by atoms with Crippen molar-refractivity contribution in [1.82, 2.24) is 4.90 Å². The first kappa shape index (κ1) is 18.5. The third-order valence-corrected chi connectivity index (χ3v) is 5.68. The minimum absolute atomic E-state index is 0.0224. The van der Waals surface area contributed by atoms with Crippen molar-refractivity contribution in [1.29, 1.82) is 0 Å². The number of hydrogen-bond donors (Lipinski definition) is 0. The molecule has 5 nitrogen and oxygen atoms in total. The molecule has 0 bridgehead atoms. The fraction of sp³-hybridized carbons (Fsp3) is 0.350. The van der Waals surface area contributed by atoms with Crippen molar-refractivity contribution >= 4 is 16.7 Å². The van der Waals surface area contributed by atoms with Crippen LogP contribution in [0.2, 0.25) is 0 Å². The molecule has 0 aliphatic carbocycles. The maximum absolute atomic E-state index is 13.0. The number of benzene rings is 2. The quantitative estimate of drug-likeness (QED) is 0.806. The summed E-state index contributed by atoms with van der Waals surface area (Å²) in [6, 6.07) is 12.6. The Morgan fingerprint density at radius 3 is 2.46 bits per heavy atom. The fourth-order valence-electron chi connectivity index (χ4n) is 3.39. The first-order valence-electron chi connectivity index (χ1n) is 8.51. The number of rotatable bonds is 5. The number of carbonyl (C=O) groups is 1. The molecule has 0 radical (unpaired) electrons. The predicted octanol–water partition coefficient (Wildman–Crippen LogP) is 3.42. The van der Waals surface area contributed by atoms with Crippen LogP contribution in [0.1, 0.15) is 34.8 Å². The van der Waals surface area contributed by atoms with Crippen LogP contribution in [-0.2, 0) is 10.8 Å². The number of ether oxygens (including phenoxy) is 2. The largest absolute Gasteiger partial charge is 0.497 e. The van der Waals surface area contributed by atoms with E-state index in [2.05, 4.69) is 0 Å². The molecule has 0 aromatic heterocycles. The SMILES string of the molecule is COc1ccc(OC)c([C@H]2CCCN2C(=O)c2ccc([S@@](C)=O)cc2)c1. The molecule has 1 fully saturated rings. The Morgan fingerprint density at radius 2 is 1.85 bits per heavy atom. The molecule has 3 rings (SSSR count). The number of hydrogen-bond acceptors (Lipinski definition) is 4. The van der Waals surface area contributed by atoms with Crippen molar-refractivity contribution in [3.8, 4) is 11.5 Å². The molecule has 1 heterocycles. The number of amides is 1. The summed E-state index contributed by atoms with van der Waals surface area (Å²) in [6.45, 7) is 0.700. The molecular formula is C20H23NO4S. The lowest BCUT2D eigenvalue weighted by atomic mass is 10.0. The molecule has 26 heavy (non-hydrogen) atoms. The van der Waals surface area contributed by atoms with Gasteiger partial charge in [-0.1, -0.05) is 0 Å². The van der Waals surface area contributed by atoms with Crippen LogP contribution in [0.3, 0.4) is 0 Å². The number of likely N-dealkylation sites (tertiary alicyclic amines) is 1. The van der Waals surface area contributed by atoms with Gasteiger partial charge in [0.15, 0.2) is 0 Å². The van der Waals surface area contributed by atoms with Crippen molar-refractivity contribution in [2.75, 3.05) is 27.0 Å². The monoisotopic (exact) mass is 373 g/mol. The Hall–Kier alpha value is -2.34. The molecule has 1 aliphatic rings. The third-order valence-electron chi connectivity index (χ3n) is 4.74. The first-order valence-corrected chi connectivity index (χ1v) is 10.1. The fourth-order valence-corrected chi connectivity index (χ4v) is 3.91. The van der Waals surface area contributed by atoms with E-state index in [4.69, 9.17) is 9.47 Å². The van der Waals surface area contributed by atoms with Crippen molar-refractivity contribution in [3.05, 3.63) is 53.6 Å². The molecule has 2 aromatic rings. The van der Waals surface area contributed by atoms with E-state index in [1.54, 1.807) is 44.7 Å². The summed E-state index contributed by atoms with van der Waals surface area (Å²) in [5.74, 6) is 1.48. The maximum Gasteiger partial charge on any atom is 0.254 e. The highest BCUT2D eigenvalue weighted by atomic mass is 32.2. The van der Waals surface area contributed by atoms with Gasteiger partial charge in [-0.3, -0.25) is 9.00 Å². The van der Waals surface area contributed by atoms with Gasteiger partial charge in [-0.05, 0) is 55.3 Å². The Bertz CT molecular complexity index is 819. The number of carbonyl (C=O) groups excluding carboxylic acids is 1. The van der Waals surface area contributed by atoms with Gasteiger partial charge >= 0.3 is 0 Å². The highest BCUT2D eigenvalue weighted by Gasteiger charge is 2.32. The molecule has 1 amide bonds. The molecule has 1 aliphatic heterocycles. The zero-order valence-electron chi connectivity index (χ0n) is 15.2. The van der Waals surface area contributed by atoms with Crippen molar-refractivity contribution in [3.63, 3.8) is 0 Å². The summed E-state index contributed by atoms with van der Waals surface area (Å²) in [5.41, 5.74) is 1.57. The van der Waals surface area contributed by atoms with E-state index in [0.29, 0.717) is 17.0 Å². The second-order valence-electron chi connectivity index (χ2n) is 6.24. The van der Waals surface area contributed by atoms with Gasteiger partial charge in [0.25, 0.3) is 5.91 Å². The maximum atomic E-state index is 13.0. The highest BCUT2D eigenvalue weighted by Crippen LogP contribution is 2.39. The van der Waals surface area contributed by atoms with E-state index in [1.165, 1.54) is 0 Å². The van der Waals surface area contributed by atoms with Crippen LogP contribution in [0, 0.1) is 0 Å². The second-order valence-corrected chi connectivity index (χ2v) is 7.62. The summed E-state index contributed by atoms with van der Waals surface area (Å²) < 4.78 is 22.4. The zero-order valence-corrected chi connectivity index (χ0v) is 16.0. The van der Waals surface area contributed by atoms with Crippen LogP contribution in [-0.4, -0.2) is 42.0 Å². The van der Waals surface area contributed by atoms with E-state index >= 15 is 0 Å². The van der Waals surface area contributed by atoms with Gasteiger partial charge in [0.05, 0.1) is 20.3 Å². The Morgan fingerprint density at radius 1 is 1.12 bits per heavy atom. The minimum Gasteiger partial charge on any atom is -0.497 e. The minimum atomic E-state index is -1.05. The molecule has 2 aromatic carbocycles. The lowest BCUT2D eigenvalue weighted by Crippen LogP contribution is -2.30. The van der Waals surface area contributed by atoms with Gasteiger partial charge in [0, 0.05) is 39.6 Å². The summed E-state index contributed by atoms with van der Waals surface area (Å²) >= 11 is 0. The van der Waals surface area contributed by atoms with E-state index in [-0.39, 0.29) is 11.9 Å². The van der Waals surface area contributed by atoms with Crippen molar-refractivity contribution in [2.45, 2.75) is 23.8 Å². The van der Waals surface area contributed by atoms with Crippen LogP contribution in [0.5, 0.6) is 11.5 Å².